The van der Waals surface area contributed by atoms with E-state index in [1.165, 1.54) is 48.2 Å². The number of amides is 1. The van der Waals surface area contributed by atoms with Gasteiger partial charge in [0.1, 0.15) is 17.6 Å². The molecule has 0 unspecified atom stereocenters. The smallest absolute Gasteiger partial charge is 0.335 e. The molecule has 8 nitrogen and oxygen atoms in total. The van der Waals surface area contributed by atoms with Crippen molar-refractivity contribution in [1.82, 2.24) is 4.57 Å². The molecule has 0 aliphatic carbocycles. The Morgan fingerprint density at radius 2 is 1.64 bits per heavy atom. The summed E-state index contributed by atoms with van der Waals surface area (Å²) in [5, 5.41) is 11.7. The number of nitrogens with one attached hydrogen (secondary N) is 1. The second-order valence-corrected chi connectivity index (χ2v) is 11.3. The number of carbonyl (C=O) groups excluding carboxylic acids is 2. The highest BCUT2D eigenvalue weighted by molar-refractivity contribution is 6.70. The Bertz CT molecular complexity index is 1700. The molecule has 12 heteroatoms. The topological polar surface area (TPSA) is 115 Å². The minimum atomic E-state index is -1.08. The van der Waals surface area contributed by atoms with Gasteiger partial charge in [0.05, 0.1) is 42.4 Å². The monoisotopic (exact) mass is 580 g/mol. The van der Waals surface area contributed by atoms with Crippen LogP contribution in [0.2, 0.25) is 10.1 Å². The van der Waals surface area contributed by atoms with Gasteiger partial charge in [-0.15, -0.1) is 0 Å². The highest BCUT2D eigenvalue weighted by Crippen LogP contribution is 2.36. The van der Waals surface area contributed by atoms with E-state index in [4.69, 9.17) is 16.3 Å². The van der Waals surface area contributed by atoms with Crippen LogP contribution in [0.4, 0.5) is 5.69 Å². The molecule has 1 aromatic heterocycles. The number of Topliss-reactive ketones (excluding diaryl/α,β-unsaturated/α-hetero) is 1. The number of methoxy groups -OCH3 is 1. The Hall–Kier alpha value is -4.50. The molecule has 1 amide bonds. The van der Waals surface area contributed by atoms with E-state index in [-0.39, 0.29) is 23.5 Å². The average Bonchev–Trinajstić information content (AvgIpc) is 2.96. The summed E-state index contributed by atoms with van der Waals surface area (Å²) in [6.45, 7) is 0. The first-order valence-electron chi connectivity index (χ1n) is 13.2. The normalized spacial score (nSPS) is 11.9. The number of rotatable bonds is 10. The molecular formula is C30H28B3ClN2O6. The van der Waals surface area contributed by atoms with Crippen LogP contribution < -0.4 is 15.6 Å². The fraction of sp³-hybridized carbons (Fsp3) is 0.133. The molecule has 0 saturated carbocycles. The Balaban J connectivity index is 1.81. The average molecular weight is 580 g/mol. The first-order valence-corrected chi connectivity index (χ1v) is 13.6. The van der Waals surface area contributed by atoms with Crippen LogP contribution >= 0.6 is 11.6 Å². The SMILES string of the molecule is BC(B)(B)C(=O)c1ccc(Cl)cc1-c1cc(=O)n([C@@H](Cc2ccccc2)C(=O)Nc2ccc(C(=O)O)cc2)cc1OC. The lowest BCUT2D eigenvalue weighted by Gasteiger charge is -2.23. The van der Waals surface area contributed by atoms with Crippen molar-refractivity contribution in [3.63, 3.8) is 0 Å². The minimum Gasteiger partial charge on any atom is -0.495 e. The zero-order chi connectivity index (χ0) is 30.6. The van der Waals surface area contributed by atoms with Crippen molar-refractivity contribution < 1.29 is 24.2 Å². The minimum absolute atomic E-state index is 0.0794. The Morgan fingerprint density at radius 1 is 0.976 bits per heavy atom. The third-order valence-corrected chi connectivity index (χ3v) is 7.01. The van der Waals surface area contributed by atoms with E-state index in [1.807, 2.05) is 53.9 Å². The maximum atomic E-state index is 13.7. The number of nitrogens with zero attached hydrogens (tertiary/aromatic N) is 1. The fourth-order valence-corrected chi connectivity index (χ4v) is 4.74. The van der Waals surface area contributed by atoms with Crippen LogP contribution in [-0.2, 0) is 11.2 Å². The van der Waals surface area contributed by atoms with Crippen molar-refractivity contribution in [2.75, 3.05) is 12.4 Å². The molecule has 2 N–H and O–H groups in total. The number of carboxylic acid groups (broad SMARTS) is 1. The molecule has 210 valence electrons. The lowest BCUT2D eigenvalue weighted by Crippen LogP contribution is -2.34. The summed E-state index contributed by atoms with van der Waals surface area (Å²) in [6, 6.07) is 20.2. The van der Waals surface area contributed by atoms with E-state index in [1.54, 1.807) is 18.2 Å². The van der Waals surface area contributed by atoms with E-state index in [0.717, 1.165) is 5.56 Å². The number of ketones is 1. The third kappa shape index (κ3) is 6.86. The fourth-order valence-electron chi connectivity index (χ4n) is 4.56. The number of carbonyl (C=O) groups is 3. The molecular weight excluding hydrogens is 552 g/mol. The summed E-state index contributed by atoms with van der Waals surface area (Å²) in [5.74, 6) is -1.42. The molecule has 4 rings (SSSR count). The van der Waals surface area contributed by atoms with Gasteiger partial charge in [-0.2, -0.15) is 0 Å². The number of carboxylic acids is 1. The predicted molar refractivity (Wildman–Crippen MR) is 172 cm³/mol. The second-order valence-electron chi connectivity index (χ2n) is 10.8. The Morgan fingerprint density at radius 3 is 2.24 bits per heavy atom. The largest absolute Gasteiger partial charge is 0.495 e. The molecule has 0 aliphatic rings. The lowest BCUT2D eigenvalue weighted by atomic mass is 9.40. The molecule has 0 bridgehead atoms. The van der Waals surface area contributed by atoms with Crippen molar-refractivity contribution >= 4 is 58.5 Å². The van der Waals surface area contributed by atoms with E-state index >= 15 is 0 Å². The number of halogens is 1. The van der Waals surface area contributed by atoms with Crippen LogP contribution in [0.3, 0.4) is 0 Å². The van der Waals surface area contributed by atoms with Crippen molar-refractivity contribution in [2.24, 2.45) is 0 Å². The van der Waals surface area contributed by atoms with Crippen LogP contribution in [0.5, 0.6) is 5.75 Å². The van der Waals surface area contributed by atoms with Gasteiger partial charge in [-0.1, -0.05) is 47.0 Å². The molecule has 1 atom stereocenters. The highest BCUT2D eigenvalue weighted by atomic mass is 35.5. The number of anilines is 1. The van der Waals surface area contributed by atoms with Gasteiger partial charge >= 0.3 is 5.97 Å². The van der Waals surface area contributed by atoms with E-state index in [2.05, 4.69) is 5.32 Å². The van der Waals surface area contributed by atoms with Crippen molar-refractivity contribution in [3.8, 4) is 16.9 Å². The number of aromatic carboxylic acids is 1. The quantitative estimate of drug-likeness (QED) is 0.220. The molecule has 0 saturated heterocycles. The van der Waals surface area contributed by atoms with Crippen LogP contribution in [0.1, 0.15) is 32.3 Å². The summed E-state index contributed by atoms with van der Waals surface area (Å²) < 4.78 is 6.99. The van der Waals surface area contributed by atoms with Crippen LogP contribution in [0.15, 0.2) is 89.9 Å². The summed E-state index contributed by atoms with van der Waals surface area (Å²) in [6.07, 6.45) is 1.65. The van der Waals surface area contributed by atoms with Gasteiger partial charge in [-0.3, -0.25) is 19.0 Å². The zero-order valence-electron chi connectivity index (χ0n) is 23.7. The van der Waals surface area contributed by atoms with Crippen molar-refractivity contribution in [3.05, 3.63) is 117 Å². The van der Waals surface area contributed by atoms with Gasteiger partial charge < -0.3 is 15.2 Å². The predicted octanol–water partition coefficient (Wildman–Crippen LogP) is 2.45. The van der Waals surface area contributed by atoms with Gasteiger partial charge in [0, 0.05) is 34.3 Å². The van der Waals surface area contributed by atoms with Gasteiger partial charge in [0.15, 0.2) is 0 Å². The summed E-state index contributed by atoms with van der Waals surface area (Å²) in [5.41, 5.74) is 2.01. The molecule has 1 heterocycles. The van der Waals surface area contributed by atoms with Gasteiger partial charge in [-0.25, -0.2) is 4.79 Å². The Kier molecular flexibility index (Phi) is 9.12. The van der Waals surface area contributed by atoms with Gasteiger partial charge in [0.25, 0.3) is 5.56 Å². The Labute approximate surface area is 250 Å². The number of hydrogen-bond donors (Lipinski definition) is 2. The summed E-state index contributed by atoms with van der Waals surface area (Å²) in [7, 11) is 6.88. The highest BCUT2D eigenvalue weighted by Gasteiger charge is 2.28. The molecule has 0 fully saturated rings. The summed E-state index contributed by atoms with van der Waals surface area (Å²) in [4.78, 5) is 51.9. The third-order valence-electron chi connectivity index (χ3n) is 6.77. The number of aromatic nitrogens is 1. The van der Waals surface area contributed by atoms with Gasteiger partial charge in [-0.05, 0) is 53.6 Å². The van der Waals surface area contributed by atoms with E-state index in [9.17, 15) is 24.3 Å². The number of hydrogen-bond acceptors (Lipinski definition) is 5. The standard InChI is InChI=1S/C30H28B3ClN2O6/c1-42-25-16-36(26(37)15-23(25)22-14-19(34)9-12-21(22)27(38)30(31,32)33)24(13-17-5-3-2-4-6-17)28(39)35-20-10-7-18(8-11-20)29(40)41/h2-12,14-16,24H,13,31-33H2,1H3,(H,35,39)(H,40,41)/t24-/m0/s1. The number of benzene rings is 3. The lowest BCUT2D eigenvalue weighted by molar-refractivity contribution is -0.119. The molecule has 0 spiro atoms. The van der Waals surface area contributed by atoms with Crippen LogP contribution in [-0.4, -0.2) is 58.0 Å². The molecule has 42 heavy (non-hydrogen) atoms. The maximum Gasteiger partial charge on any atom is 0.335 e. The second kappa shape index (κ2) is 12.6. The molecule has 0 aliphatic heterocycles. The first-order chi connectivity index (χ1) is 19.9. The van der Waals surface area contributed by atoms with E-state index in [0.29, 0.717) is 27.4 Å². The van der Waals surface area contributed by atoms with E-state index < -0.39 is 28.6 Å². The van der Waals surface area contributed by atoms with Crippen molar-refractivity contribution in [2.45, 2.75) is 17.6 Å². The van der Waals surface area contributed by atoms with Crippen LogP contribution in [0.25, 0.3) is 11.1 Å². The van der Waals surface area contributed by atoms with Crippen LogP contribution in [0, 0.1) is 0 Å². The molecule has 4 aromatic rings. The van der Waals surface area contributed by atoms with Gasteiger partial charge in [0.2, 0.25) is 5.91 Å². The molecule has 0 radical (unpaired) electrons. The summed E-state index contributed by atoms with van der Waals surface area (Å²) >= 11 is 6.32. The maximum absolute atomic E-state index is 13.7. The number of ether oxygens (including phenoxy) is 1. The molecule has 3 aromatic carbocycles. The van der Waals surface area contributed by atoms with Crippen molar-refractivity contribution in [1.29, 1.82) is 0 Å². The first kappa shape index (κ1) is 30.5. The zero-order valence-corrected chi connectivity index (χ0v) is 24.4. The number of pyridine rings is 1.